The Labute approximate surface area is 225 Å². The van der Waals surface area contributed by atoms with Crippen LogP contribution in [0.25, 0.3) is 0 Å². The third-order valence-corrected chi connectivity index (χ3v) is 10.4. The quantitative estimate of drug-likeness (QED) is 0.154. The van der Waals surface area contributed by atoms with Gasteiger partial charge in [0.15, 0.2) is 0 Å². The molecular weight excluding hydrogens is 422 g/mol. The molecule has 1 nitrogen and oxygen atoms in total. The van der Waals surface area contributed by atoms with Crippen molar-refractivity contribution in [2.45, 2.75) is 173 Å². The average molecular weight is 494 g/mol. The number of unbranched alkanes of at least 4 members (excludes halogenated alkanes) is 1. The molecule has 0 aromatic heterocycles. The summed E-state index contributed by atoms with van der Waals surface area (Å²) in [6.45, 7) is 33.3. The van der Waals surface area contributed by atoms with Crippen LogP contribution in [0.1, 0.15) is 161 Å². The van der Waals surface area contributed by atoms with Gasteiger partial charge in [-0.3, -0.25) is 4.90 Å². The molecule has 0 aromatic rings. The van der Waals surface area contributed by atoms with Gasteiger partial charge in [0.1, 0.15) is 0 Å². The summed E-state index contributed by atoms with van der Waals surface area (Å²) >= 11 is 0. The zero-order valence-electron chi connectivity index (χ0n) is 27.1. The summed E-state index contributed by atoms with van der Waals surface area (Å²) in [7, 11) is 0. The van der Waals surface area contributed by atoms with E-state index in [0.29, 0.717) is 17.5 Å². The first kappa shape index (κ1) is 35.0. The smallest absolute Gasteiger partial charge is 0.00671 e. The molecule has 0 aliphatic heterocycles. The normalized spacial score (nSPS) is 19.7. The second kappa shape index (κ2) is 18.3. The van der Waals surface area contributed by atoms with Gasteiger partial charge in [-0.1, -0.05) is 102 Å². The second-order valence-corrected chi connectivity index (χ2v) is 13.6. The second-order valence-electron chi connectivity index (χ2n) is 13.6. The molecule has 0 radical (unpaired) electrons. The SMILES string of the molecule is CCCCC(C(CC)CC(C)C(C)CC(C)C(C)CCN(C(C)CC)C(C)CC)C(C)(C)CCC. The first-order chi connectivity index (χ1) is 16.4. The van der Waals surface area contributed by atoms with Crippen LogP contribution < -0.4 is 0 Å². The highest BCUT2D eigenvalue weighted by molar-refractivity contribution is 4.85. The van der Waals surface area contributed by atoms with E-state index in [0.717, 1.165) is 35.5 Å². The molecule has 0 fully saturated rings. The summed E-state index contributed by atoms with van der Waals surface area (Å²) < 4.78 is 0. The number of rotatable bonds is 21. The molecule has 0 spiro atoms. The predicted molar refractivity (Wildman–Crippen MR) is 162 cm³/mol. The summed E-state index contributed by atoms with van der Waals surface area (Å²) in [6, 6.07) is 1.41. The van der Waals surface area contributed by atoms with Crippen molar-refractivity contribution in [2.24, 2.45) is 40.9 Å². The summed E-state index contributed by atoms with van der Waals surface area (Å²) in [5.41, 5.74) is 0.479. The molecule has 0 aromatic carbocycles. The van der Waals surface area contributed by atoms with Gasteiger partial charge in [0.2, 0.25) is 0 Å². The third-order valence-electron chi connectivity index (χ3n) is 10.4. The van der Waals surface area contributed by atoms with Crippen LogP contribution in [-0.2, 0) is 0 Å². The van der Waals surface area contributed by atoms with Crippen molar-refractivity contribution >= 4 is 0 Å². The van der Waals surface area contributed by atoms with E-state index < -0.39 is 0 Å². The molecule has 0 aliphatic rings. The molecule has 8 unspecified atom stereocenters. The lowest BCUT2D eigenvalue weighted by Crippen LogP contribution is -2.41. The molecule has 0 N–H and O–H groups in total. The molecule has 8 atom stereocenters. The summed E-state index contributed by atoms with van der Waals surface area (Å²) in [5, 5.41) is 0. The van der Waals surface area contributed by atoms with E-state index >= 15 is 0 Å². The van der Waals surface area contributed by atoms with Crippen molar-refractivity contribution in [3.63, 3.8) is 0 Å². The highest BCUT2D eigenvalue weighted by atomic mass is 15.2. The van der Waals surface area contributed by atoms with E-state index in [1.54, 1.807) is 0 Å². The Morgan fingerprint density at radius 2 is 1.11 bits per heavy atom. The topological polar surface area (TPSA) is 3.24 Å². The Morgan fingerprint density at radius 1 is 0.600 bits per heavy atom. The van der Waals surface area contributed by atoms with Crippen molar-refractivity contribution in [1.29, 1.82) is 0 Å². The van der Waals surface area contributed by atoms with E-state index in [1.807, 2.05) is 0 Å². The third kappa shape index (κ3) is 12.4. The maximum atomic E-state index is 2.77. The van der Waals surface area contributed by atoms with Crippen molar-refractivity contribution < 1.29 is 0 Å². The van der Waals surface area contributed by atoms with E-state index in [9.17, 15) is 0 Å². The molecule has 0 heterocycles. The lowest BCUT2D eigenvalue weighted by Gasteiger charge is -2.42. The van der Waals surface area contributed by atoms with Gasteiger partial charge in [-0.05, 0) is 106 Å². The van der Waals surface area contributed by atoms with Gasteiger partial charge in [0.25, 0.3) is 0 Å². The van der Waals surface area contributed by atoms with E-state index in [4.69, 9.17) is 0 Å². The maximum absolute atomic E-state index is 2.77. The van der Waals surface area contributed by atoms with Crippen LogP contribution in [0.3, 0.4) is 0 Å². The summed E-state index contributed by atoms with van der Waals surface area (Å²) in [4.78, 5) is 2.77. The van der Waals surface area contributed by atoms with E-state index in [-0.39, 0.29) is 0 Å². The Hall–Kier alpha value is -0.0400. The monoisotopic (exact) mass is 494 g/mol. The Bertz CT molecular complexity index is 487. The lowest BCUT2D eigenvalue weighted by atomic mass is 9.64. The molecule has 0 saturated carbocycles. The van der Waals surface area contributed by atoms with Gasteiger partial charge < -0.3 is 0 Å². The predicted octanol–water partition coefficient (Wildman–Crippen LogP) is 11.3. The minimum absolute atomic E-state index is 0.479. The molecule has 35 heavy (non-hydrogen) atoms. The zero-order chi connectivity index (χ0) is 27.2. The van der Waals surface area contributed by atoms with Crippen molar-refractivity contribution in [3.8, 4) is 0 Å². The molecule has 0 bridgehead atoms. The minimum Gasteiger partial charge on any atom is -0.298 e. The summed E-state index contributed by atoms with van der Waals surface area (Å²) in [6.07, 6.45) is 14.9. The maximum Gasteiger partial charge on any atom is 0.00671 e. The van der Waals surface area contributed by atoms with Crippen molar-refractivity contribution in [1.82, 2.24) is 4.90 Å². The molecular formula is C34H71N. The highest BCUT2D eigenvalue weighted by Crippen LogP contribution is 2.44. The van der Waals surface area contributed by atoms with Crippen LogP contribution in [0.4, 0.5) is 0 Å². The molecule has 212 valence electrons. The van der Waals surface area contributed by atoms with Gasteiger partial charge in [-0.2, -0.15) is 0 Å². The van der Waals surface area contributed by atoms with Crippen molar-refractivity contribution in [3.05, 3.63) is 0 Å². The van der Waals surface area contributed by atoms with Crippen molar-refractivity contribution in [2.75, 3.05) is 6.54 Å². The van der Waals surface area contributed by atoms with Crippen LogP contribution in [0.15, 0.2) is 0 Å². The number of hydrogen-bond donors (Lipinski definition) is 0. The first-order valence-electron chi connectivity index (χ1n) is 16.1. The Balaban J connectivity index is 5.06. The summed E-state index contributed by atoms with van der Waals surface area (Å²) in [5.74, 6) is 5.04. The average Bonchev–Trinajstić information content (AvgIpc) is 2.82. The fourth-order valence-electron chi connectivity index (χ4n) is 6.88. The molecule has 0 saturated heterocycles. The van der Waals surface area contributed by atoms with Crippen LogP contribution >= 0.6 is 0 Å². The molecule has 0 amide bonds. The fraction of sp³-hybridized carbons (Fsp3) is 1.00. The van der Waals surface area contributed by atoms with Gasteiger partial charge in [-0.15, -0.1) is 0 Å². The van der Waals surface area contributed by atoms with Crippen LogP contribution in [0.5, 0.6) is 0 Å². The minimum atomic E-state index is 0.479. The molecule has 1 heteroatoms. The highest BCUT2D eigenvalue weighted by Gasteiger charge is 2.35. The van der Waals surface area contributed by atoms with E-state index in [2.05, 4.69) is 94.9 Å². The fourth-order valence-corrected chi connectivity index (χ4v) is 6.88. The molecule has 0 aliphatic carbocycles. The van der Waals surface area contributed by atoms with Gasteiger partial charge in [0, 0.05) is 12.1 Å². The van der Waals surface area contributed by atoms with Gasteiger partial charge in [-0.25, -0.2) is 0 Å². The van der Waals surface area contributed by atoms with Gasteiger partial charge in [0.05, 0.1) is 0 Å². The largest absolute Gasteiger partial charge is 0.298 e. The van der Waals surface area contributed by atoms with E-state index in [1.165, 1.54) is 77.2 Å². The standard InChI is InChI=1S/C34H71N/c1-14-19-20-33(34(12,13)22-15-2)32(18-5)25-29(9)28(8)24-27(7)26(6)21-23-35(30(10)16-3)31(11)17-4/h26-33H,14-25H2,1-13H3. The Morgan fingerprint density at radius 3 is 1.57 bits per heavy atom. The van der Waals surface area contributed by atoms with Gasteiger partial charge >= 0.3 is 0 Å². The van der Waals surface area contributed by atoms with Crippen LogP contribution in [0.2, 0.25) is 0 Å². The molecule has 0 rings (SSSR count). The first-order valence-corrected chi connectivity index (χ1v) is 16.1. The number of nitrogens with zero attached hydrogens (tertiary/aromatic N) is 1. The van der Waals surface area contributed by atoms with Crippen LogP contribution in [-0.4, -0.2) is 23.5 Å². The lowest BCUT2D eigenvalue weighted by molar-refractivity contribution is 0.0844. The zero-order valence-corrected chi connectivity index (χ0v) is 27.1. The number of hydrogen-bond acceptors (Lipinski definition) is 1. The Kier molecular flexibility index (Phi) is 18.2. The van der Waals surface area contributed by atoms with Crippen LogP contribution in [0, 0.1) is 40.9 Å².